The van der Waals surface area contributed by atoms with E-state index in [4.69, 9.17) is 10.5 Å². The summed E-state index contributed by atoms with van der Waals surface area (Å²) in [5, 5.41) is 0. The third kappa shape index (κ3) is 3.07. The molecule has 1 aliphatic carbocycles. The van der Waals surface area contributed by atoms with Crippen molar-refractivity contribution >= 4 is 15.9 Å². The van der Waals surface area contributed by atoms with E-state index in [9.17, 15) is 0 Å². The summed E-state index contributed by atoms with van der Waals surface area (Å²) in [5.41, 5.74) is 7.82. The lowest BCUT2D eigenvalue weighted by Crippen LogP contribution is -2.39. The van der Waals surface area contributed by atoms with Crippen LogP contribution in [0.5, 0.6) is 5.75 Å². The minimum absolute atomic E-state index is 0.00525. The van der Waals surface area contributed by atoms with Crippen LogP contribution in [-0.2, 0) is 6.42 Å². The van der Waals surface area contributed by atoms with Crippen LogP contribution in [0.2, 0.25) is 0 Å². The van der Waals surface area contributed by atoms with Crippen LogP contribution in [0.15, 0.2) is 22.7 Å². The molecular formula is C15H22BrNO. The molecule has 1 saturated carbocycles. The van der Waals surface area contributed by atoms with E-state index in [1.807, 2.05) is 6.07 Å². The third-order valence-electron chi connectivity index (χ3n) is 4.10. The summed E-state index contributed by atoms with van der Waals surface area (Å²) in [7, 11) is 1.69. The summed E-state index contributed by atoms with van der Waals surface area (Å²) >= 11 is 3.53. The highest BCUT2D eigenvalue weighted by Gasteiger charge is 2.34. The number of hydrogen-bond acceptors (Lipinski definition) is 2. The summed E-state index contributed by atoms with van der Waals surface area (Å²) in [6, 6.07) is 6.26. The molecule has 3 heteroatoms. The Kier molecular flexibility index (Phi) is 4.33. The van der Waals surface area contributed by atoms with Gasteiger partial charge in [-0.1, -0.05) is 19.4 Å². The summed E-state index contributed by atoms with van der Waals surface area (Å²) in [4.78, 5) is 0. The molecule has 1 fully saturated rings. The number of rotatable bonds is 4. The first-order valence-electron chi connectivity index (χ1n) is 6.67. The van der Waals surface area contributed by atoms with Crippen LogP contribution in [0, 0.1) is 5.92 Å². The zero-order valence-electron chi connectivity index (χ0n) is 11.2. The van der Waals surface area contributed by atoms with Crippen LogP contribution in [0.3, 0.4) is 0 Å². The molecule has 0 bridgehead atoms. The molecule has 2 N–H and O–H groups in total. The third-order valence-corrected chi connectivity index (χ3v) is 4.72. The Labute approximate surface area is 118 Å². The van der Waals surface area contributed by atoms with Crippen molar-refractivity contribution in [2.75, 3.05) is 7.11 Å². The fraction of sp³-hybridized carbons (Fsp3) is 0.600. The van der Waals surface area contributed by atoms with E-state index in [0.29, 0.717) is 0 Å². The highest BCUT2D eigenvalue weighted by Crippen LogP contribution is 2.37. The molecule has 18 heavy (non-hydrogen) atoms. The highest BCUT2D eigenvalue weighted by atomic mass is 79.9. The Bertz CT molecular complexity index is 421. The largest absolute Gasteiger partial charge is 0.496 e. The molecule has 2 atom stereocenters. The normalized spacial score (nSPS) is 27.4. The summed E-state index contributed by atoms with van der Waals surface area (Å²) in [6.45, 7) is 2.26. The molecule has 2 nitrogen and oxygen atoms in total. The van der Waals surface area contributed by atoms with E-state index in [1.54, 1.807) is 7.11 Å². The maximum atomic E-state index is 6.53. The second kappa shape index (κ2) is 5.62. The van der Waals surface area contributed by atoms with Crippen LogP contribution in [-0.4, -0.2) is 12.6 Å². The molecule has 0 spiro atoms. The number of hydrogen-bond donors (Lipinski definition) is 1. The van der Waals surface area contributed by atoms with E-state index >= 15 is 0 Å². The number of ether oxygens (including phenoxy) is 1. The first-order valence-corrected chi connectivity index (χ1v) is 7.47. The van der Waals surface area contributed by atoms with Gasteiger partial charge in [0.2, 0.25) is 0 Å². The standard InChI is InChI=1S/C15H22BrNO/c1-3-11-6-7-15(17,9-11)10-12-4-5-14(18-2)13(16)8-12/h4-5,8,11H,3,6-7,9-10,17H2,1-2H3. The van der Waals surface area contributed by atoms with Gasteiger partial charge >= 0.3 is 0 Å². The molecule has 0 amide bonds. The van der Waals surface area contributed by atoms with Crippen molar-refractivity contribution in [2.45, 2.75) is 44.6 Å². The number of methoxy groups -OCH3 is 1. The van der Waals surface area contributed by atoms with Gasteiger partial charge in [-0.3, -0.25) is 0 Å². The van der Waals surface area contributed by atoms with Crippen molar-refractivity contribution in [1.82, 2.24) is 0 Å². The van der Waals surface area contributed by atoms with Crippen molar-refractivity contribution in [2.24, 2.45) is 11.7 Å². The smallest absolute Gasteiger partial charge is 0.133 e. The Morgan fingerprint density at radius 2 is 2.28 bits per heavy atom. The van der Waals surface area contributed by atoms with Gasteiger partial charge < -0.3 is 10.5 Å². The Hall–Kier alpha value is -0.540. The molecular weight excluding hydrogens is 290 g/mol. The molecule has 0 saturated heterocycles. The van der Waals surface area contributed by atoms with E-state index in [0.717, 1.165) is 35.4 Å². The van der Waals surface area contributed by atoms with Crippen molar-refractivity contribution in [3.05, 3.63) is 28.2 Å². The fourth-order valence-electron chi connectivity index (χ4n) is 3.01. The van der Waals surface area contributed by atoms with Gasteiger partial charge in [-0.15, -0.1) is 0 Å². The Morgan fingerprint density at radius 3 is 2.83 bits per heavy atom. The predicted octanol–water partition coefficient (Wildman–Crippen LogP) is 3.91. The van der Waals surface area contributed by atoms with Crippen LogP contribution in [0.25, 0.3) is 0 Å². The number of halogens is 1. The van der Waals surface area contributed by atoms with Gasteiger partial charge in [0.25, 0.3) is 0 Å². The van der Waals surface area contributed by atoms with Crippen molar-refractivity contribution in [3.63, 3.8) is 0 Å². The SMILES string of the molecule is CCC1CCC(N)(Cc2ccc(OC)c(Br)c2)C1. The van der Waals surface area contributed by atoms with Gasteiger partial charge in [0.05, 0.1) is 11.6 Å². The van der Waals surface area contributed by atoms with Gasteiger partial charge in [-0.05, 0) is 65.2 Å². The van der Waals surface area contributed by atoms with Crippen molar-refractivity contribution in [1.29, 1.82) is 0 Å². The number of benzene rings is 1. The molecule has 0 radical (unpaired) electrons. The summed E-state index contributed by atoms with van der Waals surface area (Å²) in [6.07, 6.45) is 5.81. The van der Waals surface area contributed by atoms with Crippen molar-refractivity contribution < 1.29 is 4.74 Å². The molecule has 2 unspecified atom stereocenters. The first-order chi connectivity index (χ1) is 8.56. The molecule has 0 aliphatic heterocycles. The van der Waals surface area contributed by atoms with Gasteiger partial charge in [0.1, 0.15) is 5.75 Å². The fourth-order valence-corrected chi connectivity index (χ4v) is 3.59. The van der Waals surface area contributed by atoms with E-state index in [2.05, 4.69) is 35.0 Å². The summed E-state index contributed by atoms with van der Waals surface area (Å²) < 4.78 is 6.26. The molecule has 1 aromatic carbocycles. The minimum atomic E-state index is -0.00525. The first kappa shape index (κ1) is 13.9. The molecule has 0 heterocycles. The lowest BCUT2D eigenvalue weighted by molar-refractivity contribution is 0.403. The lowest BCUT2D eigenvalue weighted by atomic mass is 9.89. The molecule has 1 aromatic rings. The van der Waals surface area contributed by atoms with E-state index < -0.39 is 0 Å². The maximum Gasteiger partial charge on any atom is 0.133 e. The molecule has 100 valence electrons. The molecule has 0 aromatic heterocycles. The second-order valence-electron chi connectivity index (χ2n) is 5.53. The second-order valence-corrected chi connectivity index (χ2v) is 6.38. The molecule has 1 aliphatic rings. The highest BCUT2D eigenvalue weighted by molar-refractivity contribution is 9.10. The number of nitrogens with two attached hydrogens (primary N) is 1. The predicted molar refractivity (Wildman–Crippen MR) is 78.9 cm³/mol. The quantitative estimate of drug-likeness (QED) is 0.915. The maximum absolute atomic E-state index is 6.53. The monoisotopic (exact) mass is 311 g/mol. The van der Waals surface area contributed by atoms with Crippen LogP contribution >= 0.6 is 15.9 Å². The van der Waals surface area contributed by atoms with Gasteiger partial charge in [-0.25, -0.2) is 0 Å². The van der Waals surface area contributed by atoms with Gasteiger partial charge in [0.15, 0.2) is 0 Å². The Balaban J connectivity index is 2.07. The average Bonchev–Trinajstić information content (AvgIpc) is 2.71. The van der Waals surface area contributed by atoms with Crippen LogP contribution in [0.1, 0.15) is 38.2 Å². The van der Waals surface area contributed by atoms with Crippen LogP contribution in [0.4, 0.5) is 0 Å². The topological polar surface area (TPSA) is 35.2 Å². The van der Waals surface area contributed by atoms with Crippen molar-refractivity contribution in [3.8, 4) is 5.75 Å². The Morgan fingerprint density at radius 1 is 1.50 bits per heavy atom. The summed E-state index contributed by atoms with van der Waals surface area (Å²) in [5.74, 6) is 1.69. The van der Waals surface area contributed by atoms with E-state index in [1.165, 1.54) is 18.4 Å². The minimum Gasteiger partial charge on any atom is -0.496 e. The average molecular weight is 312 g/mol. The van der Waals surface area contributed by atoms with Crippen LogP contribution < -0.4 is 10.5 Å². The zero-order chi connectivity index (χ0) is 13.2. The van der Waals surface area contributed by atoms with Gasteiger partial charge in [-0.2, -0.15) is 0 Å². The molecule has 2 rings (SSSR count). The lowest BCUT2D eigenvalue weighted by Gasteiger charge is -2.24. The van der Waals surface area contributed by atoms with E-state index in [-0.39, 0.29) is 5.54 Å². The zero-order valence-corrected chi connectivity index (χ0v) is 12.8. The van der Waals surface area contributed by atoms with Gasteiger partial charge in [0, 0.05) is 5.54 Å².